The Hall–Kier alpha value is -1.78. The van der Waals surface area contributed by atoms with Gasteiger partial charge in [-0.2, -0.15) is 0 Å². The van der Waals surface area contributed by atoms with Crippen molar-refractivity contribution in [3.05, 3.63) is 47.8 Å². The maximum atomic E-state index is 6.14. The first-order chi connectivity index (χ1) is 12.2. The minimum absolute atomic E-state index is 0.606. The minimum atomic E-state index is 0.606. The molecule has 0 N–H and O–H groups in total. The molecule has 25 heavy (non-hydrogen) atoms. The molecule has 1 saturated carbocycles. The topological polar surface area (TPSA) is 38.2 Å². The molecule has 2 heterocycles. The van der Waals surface area contributed by atoms with Crippen molar-refractivity contribution in [2.24, 2.45) is 5.41 Å². The van der Waals surface area contributed by atoms with Gasteiger partial charge in [0.05, 0.1) is 13.3 Å². The van der Waals surface area contributed by atoms with Gasteiger partial charge in [-0.15, -0.1) is 0 Å². The fraction of sp³-hybridized carbons (Fsp3) is 0.524. The SMILES string of the molecule is CC[C@@H]1CC2(CC2)CN1COCc1cc(C)ccc1-c1ncccn1. The molecule has 1 aliphatic carbocycles. The number of rotatable bonds is 6. The van der Waals surface area contributed by atoms with Crippen molar-refractivity contribution in [2.75, 3.05) is 13.3 Å². The average molecular weight is 337 g/mol. The first-order valence-electron chi connectivity index (χ1n) is 9.38. The Morgan fingerprint density at radius 1 is 1.24 bits per heavy atom. The molecular weight excluding hydrogens is 310 g/mol. The quantitative estimate of drug-likeness (QED) is 0.792. The molecule has 0 amide bonds. The zero-order valence-corrected chi connectivity index (χ0v) is 15.2. The predicted octanol–water partition coefficient (Wildman–Crippen LogP) is 4.19. The van der Waals surface area contributed by atoms with E-state index in [9.17, 15) is 0 Å². The van der Waals surface area contributed by atoms with Crippen molar-refractivity contribution in [1.82, 2.24) is 14.9 Å². The van der Waals surface area contributed by atoms with Gasteiger partial charge in [0.1, 0.15) is 0 Å². The molecule has 132 valence electrons. The van der Waals surface area contributed by atoms with Crippen LogP contribution in [0, 0.1) is 12.3 Å². The summed E-state index contributed by atoms with van der Waals surface area (Å²) in [6.07, 6.45) is 8.98. The summed E-state index contributed by atoms with van der Waals surface area (Å²) in [4.78, 5) is 11.3. The van der Waals surface area contributed by atoms with Gasteiger partial charge in [0.25, 0.3) is 0 Å². The maximum Gasteiger partial charge on any atom is 0.159 e. The van der Waals surface area contributed by atoms with Gasteiger partial charge in [0.15, 0.2) is 5.82 Å². The summed E-state index contributed by atoms with van der Waals surface area (Å²) in [5.74, 6) is 0.769. The third kappa shape index (κ3) is 3.60. The highest BCUT2D eigenvalue weighted by atomic mass is 16.5. The van der Waals surface area contributed by atoms with Gasteiger partial charge >= 0.3 is 0 Å². The summed E-state index contributed by atoms with van der Waals surface area (Å²) in [7, 11) is 0. The average Bonchev–Trinajstić information content (AvgIpc) is 3.29. The number of aromatic nitrogens is 2. The monoisotopic (exact) mass is 337 g/mol. The fourth-order valence-corrected chi connectivity index (χ4v) is 4.12. The summed E-state index contributed by atoms with van der Waals surface area (Å²) in [5.41, 5.74) is 4.11. The molecule has 2 fully saturated rings. The van der Waals surface area contributed by atoms with E-state index in [4.69, 9.17) is 4.74 Å². The Kier molecular flexibility index (Phi) is 4.57. The zero-order chi connectivity index (χ0) is 17.3. The van der Waals surface area contributed by atoms with Gasteiger partial charge in [-0.1, -0.05) is 30.7 Å². The van der Waals surface area contributed by atoms with Crippen LogP contribution >= 0.6 is 0 Å². The van der Waals surface area contributed by atoms with Crippen LogP contribution in [0.15, 0.2) is 36.7 Å². The number of ether oxygens (including phenoxy) is 1. The van der Waals surface area contributed by atoms with Crippen molar-refractivity contribution in [3.8, 4) is 11.4 Å². The molecule has 1 atom stereocenters. The molecule has 1 spiro atoms. The second kappa shape index (κ2) is 6.85. The van der Waals surface area contributed by atoms with Gasteiger partial charge in [0, 0.05) is 30.5 Å². The Morgan fingerprint density at radius 3 is 2.76 bits per heavy atom. The Morgan fingerprint density at radius 2 is 2.04 bits per heavy atom. The molecule has 4 heteroatoms. The molecule has 1 aliphatic heterocycles. The van der Waals surface area contributed by atoms with E-state index in [1.807, 2.05) is 6.07 Å². The number of likely N-dealkylation sites (tertiary alicyclic amines) is 1. The second-order valence-corrected chi connectivity index (χ2v) is 7.72. The van der Waals surface area contributed by atoms with E-state index in [0.717, 1.165) is 18.1 Å². The number of hydrogen-bond acceptors (Lipinski definition) is 4. The van der Waals surface area contributed by atoms with E-state index in [-0.39, 0.29) is 0 Å². The van der Waals surface area contributed by atoms with Gasteiger partial charge in [-0.25, -0.2) is 9.97 Å². The first-order valence-corrected chi connectivity index (χ1v) is 9.38. The summed E-state index contributed by atoms with van der Waals surface area (Å²) in [6.45, 7) is 6.96. The van der Waals surface area contributed by atoms with Crippen LogP contribution in [-0.4, -0.2) is 34.2 Å². The first kappa shape index (κ1) is 16.7. The molecule has 4 rings (SSSR count). The summed E-state index contributed by atoms with van der Waals surface area (Å²) >= 11 is 0. The maximum absolute atomic E-state index is 6.14. The lowest BCUT2D eigenvalue weighted by Gasteiger charge is -2.23. The molecule has 1 aromatic heterocycles. The van der Waals surface area contributed by atoms with Gasteiger partial charge < -0.3 is 4.74 Å². The smallest absolute Gasteiger partial charge is 0.159 e. The van der Waals surface area contributed by atoms with Crippen LogP contribution in [0.1, 0.15) is 43.7 Å². The van der Waals surface area contributed by atoms with Crippen molar-refractivity contribution in [1.29, 1.82) is 0 Å². The van der Waals surface area contributed by atoms with Crippen LogP contribution < -0.4 is 0 Å². The standard InChI is InChI=1S/C21H27N3O/c1-3-18-12-21(7-8-21)14-24(18)15-25-13-17-11-16(2)5-6-19(17)20-22-9-4-10-23-20/h4-6,9-11,18H,3,7-8,12-15H2,1-2H3/t18-/m1/s1. The zero-order valence-electron chi connectivity index (χ0n) is 15.2. The van der Waals surface area contributed by atoms with Gasteiger partial charge in [0.2, 0.25) is 0 Å². The lowest BCUT2D eigenvalue weighted by atomic mass is 10.0. The van der Waals surface area contributed by atoms with Crippen LogP contribution in [-0.2, 0) is 11.3 Å². The van der Waals surface area contributed by atoms with Gasteiger partial charge in [-0.3, -0.25) is 4.90 Å². The van der Waals surface area contributed by atoms with Crippen molar-refractivity contribution in [3.63, 3.8) is 0 Å². The number of nitrogens with zero attached hydrogens (tertiary/aromatic N) is 3. The van der Waals surface area contributed by atoms with Crippen LogP contribution in [0.25, 0.3) is 11.4 Å². The highest BCUT2D eigenvalue weighted by Crippen LogP contribution is 2.55. The molecular formula is C21H27N3O. The second-order valence-electron chi connectivity index (χ2n) is 7.72. The molecule has 2 aliphatic rings. The van der Waals surface area contributed by atoms with Crippen molar-refractivity contribution in [2.45, 2.75) is 52.2 Å². The third-order valence-electron chi connectivity index (χ3n) is 5.73. The van der Waals surface area contributed by atoms with Crippen LogP contribution in [0.2, 0.25) is 0 Å². The van der Waals surface area contributed by atoms with Crippen molar-refractivity contribution < 1.29 is 4.74 Å². The molecule has 4 nitrogen and oxygen atoms in total. The molecule has 0 radical (unpaired) electrons. The summed E-state index contributed by atoms with van der Waals surface area (Å²) < 4.78 is 6.14. The fourth-order valence-electron chi connectivity index (χ4n) is 4.12. The predicted molar refractivity (Wildman–Crippen MR) is 98.9 cm³/mol. The van der Waals surface area contributed by atoms with E-state index in [1.54, 1.807) is 12.4 Å². The molecule has 2 aromatic rings. The third-order valence-corrected chi connectivity index (χ3v) is 5.73. The van der Waals surface area contributed by atoms with E-state index in [2.05, 4.69) is 46.9 Å². The molecule has 1 aromatic carbocycles. The normalized spacial score (nSPS) is 21.8. The summed E-state index contributed by atoms with van der Waals surface area (Å²) in [5, 5.41) is 0. The van der Waals surface area contributed by atoms with E-state index in [0.29, 0.717) is 18.1 Å². The Labute approximate surface area is 150 Å². The van der Waals surface area contributed by atoms with E-state index >= 15 is 0 Å². The number of aryl methyl sites for hydroxylation is 1. The van der Waals surface area contributed by atoms with Crippen LogP contribution in [0.3, 0.4) is 0 Å². The highest BCUT2D eigenvalue weighted by Gasteiger charge is 2.51. The van der Waals surface area contributed by atoms with E-state index in [1.165, 1.54) is 43.4 Å². The number of hydrogen-bond donors (Lipinski definition) is 0. The molecule has 0 unspecified atom stereocenters. The number of benzene rings is 1. The lowest BCUT2D eigenvalue weighted by Crippen LogP contribution is -2.31. The largest absolute Gasteiger partial charge is 0.361 e. The van der Waals surface area contributed by atoms with Gasteiger partial charge in [-0.05, 0) is 49.7 Å². The highest BCUT2D eigenvalue weighted by molar-refractivity contribution is 5.60. The van der Waals surface area contributed by atoms with Crippen molar-refractivity contribution >= 4 is 0 Å². The summed E-state index contributed by atoms with van der Waals surface area (Å²) in [6, 6.07) is 8.94. The molecule has 1 saturated heterocycles. The van der Waals surface area contributed by atoms with Crippen LogP contribution in [0.5, 0.6) is 0 Å². The van der Waals surface area contributed by atoms with E-state index < -0.39 is 0 Å². The Balaban J connectivity index is 1.43. The Bertz CT molecular complexity index is 727. The lowest BCUT2D eigenvalue weighted by molar-refractivity contribution is 0.00996. The van der Waals surface area contributed by atoms with Crippen LogP contribution in [0.4, 0.5) is 0 Å². The minimum Gasteiger partial charge on any atom is -0.361 e. The molecule has 0 bridgehead atoms.